The van der Waals surface area contributed by atoms with Gasteiger partial charge in [-0.1, -0.05) is 30.3 Å². The molecule has 1 aliphatic heterocycles. The Bertz CT molecular complexity index is 691. The van der Waals surface area contributed by atoms with Crippen molar-refractivity contribution in [1.29, 1.82) is 0 Å². The molecule has 0 aromatic heterocycles. The molecule has 1 saturated heterocycles. The van der Waals surface area contributed by atoms with E-state index in [9.17, 15) is 9.90 Å². The van der Waals surface area contributed by atoms with Gasteiger partial charge in [0.15, 0.2) is 0 Å². The van der Waals surface area contributed by atoms with Crippen LogP contribution in [0, 0.1) is 5.92 Å². The maximum Gasteiger partial charge on any atom is 0.251 e. The van der Waals surface area contributed by atoms with Crippen molar-refractivity contribution in [2.45, 2.75) is 25.9 Å². The molecular weight excluding hydrogens is 314 g/mol. The third-order valence-electron chi connectivity index (χ3n) is 4.69. The van der Waals surface area contributed by atoms with Gasteiger partial charge in [0.05, 0.1) is 6.61 Å². The molecule has 25 heavy (non-hydrogen) atoms. The fourth-order valence-corrected chi connectivity index (χ4v) is 3.17. The Hall–Kier alpha value is -2.17. The monoisotopic (exact) mass is 339 g/mol. The highest BCUT2D eigenvalue weighted by atomic mass is 16.5. The molecule has 4 heteroatoms. The zero-order valence-electron chi connectivity index (χ0n) is 14.4. The van der Waals surface area contributed by atoms with Crippen molar-refractivity contribution in [2.24, 2.45) is 5.92 Å². The zero-order chi connectivity index (χ0) is 17.5. The van der Waals surface area contributed by atoms with Crippen LogP contribution in [0.5, 0.6) is 0 Å². The highest BCUT2D eigenvalue weighted by Gasteiger charge is 2.15. The molecule has 1 atom stereocenters. The SMILES string of the molecule is O=C(NCCCC1CCOC1)c1ccc(-c2cccc(CO)c2)cc1. The first-order valence-electron chi connectivity index (χ1n) is 8.92. The van der Waals surface area contributed by atoms with Gasteiger partial charge < -0.3 is 15.2 Å². The summed E-state index contributed by atoms with van der Waals surface area (Å²) in [5.41, 5.74) is 3.63. The molecule has 0 saturated carbocycles. The normalized spacial score (nSPS) is 16.8. The van der Waals surface area contributed by atoms with E-state index in [4.69, 9.17) is 4.74 Å². The number of hydrogen-bond acceptors (Lipinski definition) is 3. The minimum Gasteiger partial charge on any atom is -0.392 e. The van der Waals surface area contributed by atoms with Crippen LogP contribution < -0.4 is 5.32 Å². The first kappa shape index (κ1) is 17.6. The molecule has 1 fully saturated rings. The lowest BCUT2D eigenvalue weighted by molar-refractivity contribution is 0.0952. The molecule has 0 aliphatic carbocycles. The van der Waals surface area contributed by atoms with E-state index in [1.807, 2.05) is 48.5 Å². The second kappa shape index (κ2) is 8.79. The van der Waals surface area contributed by atoms with Gasteiger partial charge in [0, 0.05) is 25.3 Å². The topological polar surface area (TPSA) is 58.6 Å². The number of aliphatic hydroxyl groups is 1. The van der Waals surface area contributed by atoms with Crippen molar-refractivity contribution >= 4 is 5.91 Å². The molecular formula is C21H25NO3. The molecule has 2 aromatic rings. The first-order chi connectivity index (χ1) is 12.3. The van der Waals surface area contributed by atoms with Crippen LogP contribution in [0.3, 0.4) is 0 Å². The molecule has 132 valence electrons. The van der Waals surface area contributed by atoms with Gasteiger partial charge in [-0.25, -0.2) is 0 Å². The quantitative estimate of drug-likeness (QED) is 0.760. The van der Waals surface area contributed by atoms with Crippen molar-refractivity contribution in [3.63, 3.8) is 0 Å². The number of ether oxygens (including phenoxy) is 1. The summed E-state index contributed by atoms with van der Waals surface area (Å²) in [5.74, 6) is 0.629. The molecule has 2 aromatic carbocycles. The van der Waals surface area contributed by atoms with Crippen LogP contribution in [-0.2, 0) is 11.3 Å². The standard InChI is InChI=1S/C21H25NO3/c23-14-17-3-1-5-20(13-17)18-6-8-19(9-7-18)21(24)22-11-2-4-16-10-12-25-15-16/h1,3,5-9,13,16,23H,2,4,10-12,14-15H2,(H,22,24). The molecule has 3 rings (SSSR count). The summed E-state index contributed by atoms with van der Waals surface area (Å²) >= 11 is 0. The van der Waals surface area contributed by atoms with Crippen LogP contribution in [0.4, 0.5) is 0 Å². The predicted octanol–water partition coefficient (Wildman–Crippen LogP) is 3.39. The number of aliphatic hydroxyl groups excluding tert-OH is 1. The van der Waals surface area contributed by atoms with Crippen molar-refractivity contribution in [1.82, 2.24) is 5.32 Å². The molecule has 1 amide bonds. The Morgan fingerprint density at radius 2 is 2.00 bits per heavy atom. The fraction of sp³-hybridized carbons (Fsp3) is 0.381. The average molecular weight is 339 g/mol. The Morgan fingerprint density at radius 3 is 2.72 bits per heavy atom. The van der Waals surface area contributed by atoms with Gasteiger partial charge in [0.1, 0.15) is 0 Å². The number of carbonyl (C=O) groups is 1. The summed E-state index contributed by atoms with van der Waals surface area (Å²) in [4.78, 5) is 12.2. The summed E-state index contributed by atoms with van der Waals surface area (Å²) in [5, 5.41) is 12.2. The highest BCUT2D eigenvalue weighted by Crippen LogP contribution is 2.21. The molecule has 0 bridgehead atoms. The van der Waals surface area contributed by atoms with E-state index in [2.05, 4.69) is 5.32 Å². The summed E-state index contributed by atoms with van der Waals surface area (Å²) in [6.07, 6.45) is 3.25. The molecule has 1 aliphatic rings. The van der Waals surface area contributed by atoms with Crippen LogP contribution in [-0.4, -0.2) is 30.8 Å². The third-order valence-corrected chi connectivity index (χ3v) is 4.69. The second-order valence-electron chi connectivity index (χ2n) is 6.56. The smallest absolute Gasteiger partial charge is 0.251 e. The van der Waals surface area contributed by atoms with E-state index in [1.165, 1.54) is 0 Å². The van der Waals surface area contributed by atoms with E-state index >= 15 is 0 Å². The third kappa shape index (κ3) is 4.91. The number of carbonyl (C=O) groups excluding carboxylic acids is 1. The van der Waals surface area contributed by atoms with E-state index in [1.54, 1.807) is 0 Å². The van der Waals surface area contributed by atoms with Crippen molar-refractivity contribution in [3.8, 4) is 11.1 Å². The lowest BCUT2D eigenvalue weighted by Crippen LogP contribution is -2.24. The van der Waals surface area contributed by atoms with Gasteiger partial charge in [0.2, 0.25) is 0 Å². The van der Waals surface area contributed by atoms with Crippen molar-refractivity contribution < 1.29 is 14.6 Å². The molecule has 1 heterocycles. The largest absolute Gasteiger partial charge is 0.392 e. The fourth-order valence-electron chi connectivity index (χ4n) is 3.17. The number of rotatable bonds is 7. The summed E-state index contributed by atoms with van der Waals surface area (Å²) < 4.78 is 5.37. The maximum absolute atomic E-state index is 12.2. The van der Waals surface area contributed by atoms with Gasteiger partial charge in [-0.2, -0.15) is 0 Å². The number of amides is 1. The zero-order valence-corrected chi connectivity index (χ0v) is 14.4. The van der Waals surface area contributed by atoms with E-state index < -0.39 is 0 Å². The molecule has 0 spiro atoms. The van der Waals surface area contributed by atoms with Crippen molar-refractivity contribution in [2.75, 3.05) is 19.8 Å². The Balaban J connectivity index is 1.51. The average Bonchev–Trinajstić information content (AvgIpc) is 3.19. The molecule has 2 N–H and O–H groups in total. The minimum absolute atomic E-state index is 0.0291. The van der Waals surface area contributed by atoms with Crippen LogP contribution in [0.1, 0.15) is 35.2 Å². The summed E-state index contributed by atoms with van der Waals surface area (Å²) in [7, 11) is 0. The van der Waals surface area contributed by atoms with Gasteiger partial charge in [0.25, 0.3) is 5.91 Å². The number of benzene rings is 2. The first-order valence-corrected chi connectivity index (χ1v) is 8.92. The van der Waals surface area contributed by atoms with Gasteiger partial charge in [-0.05, 0) is 60.1 Å². The Kier molecular flexibility index (Phi) is 6.20. The molecule has 0 radical (unpaired) electrons. The van der Waals surface area contributed by atoms with Gasteiger partial charge >= 0.3 is 0 Å². The van der Waals surface area contributed by atoms with E-state index in [0.29, 0.717) is 18.0 Å². The summed E-state index contributed by atoms with van der Waals surface area (Å²) in [6, 6.07) is 15.4. The van der Waals surface area contributed by atoms with Crippen LogP contribution in [0.25, 0.3) is 11.1 Å². The van der Waals surface area contributed by atoms with Crippen LogP contribution in [0.15, 0.2) is 48.5 Å². The molecule has 1 unspecified atom stereocenters. The van der Waals surface area contributed by atoms with E-state index in [0.717, 1.165) is 49.2 Å². The van der Waals surface area contributed by atoms with Gasteiger partial charge in [-0.3, -0.25) is 4.79 Å². The second-order valence-corrected chi connectivity index (χ2v) is 6.56. The van der Waals surface area contributed by atoms with Crippen LogP contribution >= 0.6 is 0 Å². The molecule has 4 nitrogen and oxygen atoms in total. The predicted molar refractivity (Wildman–Crippen MR) is 98.3 cm³/mol. The number of hydrogen-bond donors (Lipinski definition) is 2. The van der Waals surface area contributed by atoms with Crippen molar-refractivity contribution in [3.05, 3.63) is 59.7 Å². The van der Waals surface area contributed by atoms with Gasteiger partial charge in [-0.15, -0.1) is 0 Å². The van der Waals surface area contributed by atoms with E-state index in [-0.39, 0.29) is 12.5 Å². The highest BCUT2D eigenvalue weighted by molar-refractivity contribution is 5.94. The lowest BCUT2D eigenvalue weighted by Gasteiger charge is -2.09. The minimum atomic E-state index is -0.0293. The Morgan fingerprint density at radius 1 is 1.16 bits per heavy atom. The maximum atomic E-state index is 12.2. The van der Waals surface area contributed by atoms with Crippen LogP contribution in [0.2, 0.25) is 0 Å². The number of nitrogens with one attached hydrogen (secondary N) is 1. The lowest BCUT2D eigenvalue weighted by atomic mass is 10.0. The summed E-state index contributed by atoms with van der Waals surface area (Å²) in [6.45, 7) is 2.48. The Labute approximate surface area is 148 Å².